The minimum Gasteiger partial charge on any atom is -0.358 e. The first-order valence-electron chi connectivity index (χ1n) is 16.9. The van der Waals surface area contributed by atoms with E-state index in [0.29, 0.717) is 0 Å². The highest BCUT2D eigenvalue weighted by molar-refractivity contribution is 6.21. The van der Waals surface area contributed by atoms with Gasteiger partial charge in [-0.05, 0) is 149 Å². The molecule has 4 N–H and O–H groups in total. The molecule has 50 heavy (non-hydrogen) atoms. The first kappa shape index (κ1) is 29.8. The lowest BCUT2D eigenvalue weighted by molar-refractivity contribution is 0.602. The number of fused-ring (bicyclic) bond motifs is 14. The second kappa shape index (κ2) is 11.1. The molecule has 0 aliphatic carbocycles. The van der Waals surface area contributed by atoms with Gasteiger partial charge in [0.15, 0.2) is 0 Å². The van der Waals surface area contributed by atoms with E-state index in [1.807, 2.05) is 24.3 Å². The Hall–Kier alpha value is -6.28. The quantitative estimate of drug-likeness (QED) is 0.145. The van der Waals surface area contributed by atoms with Crippen molar-refractivity contribution in [3.63, 3.8) is 0 Å². The third kappa shape index (κ3) is 5.35. The van der Waals surface area contributed by atoms with Gasteiger partial charge in [0.25, 0.3) is 0 Å². The second-order valence-electron chi connectivity index (χ2n) is 14.2. The third-order valence-corrected chi connectivity index (χ3v) is 9.87. The fourth-order valence-corrected chi connectivity index (χ4v) is 6.76. The number of aliphatic imine (C=N–C) groups is 4. The fraction of sp³-hybridized carbons (Fsp3) is 0.143. The fourth-order valence-electron chi connectivity index (χ4n) is 6.76. The average molecular weight is 653 g/mol. The first-order chi connectivity index (χ1) is 24.2. The zero-order chi connectivity index (χ0) is 34.0. The van der Waals surface area contributed by atoms with E-state index in [9.17, 15) is 0 Å². The summed E-state index contributed by atoms with van der Waals surface area (Å²) >= 11 is 0. The maximum atomic E-state index is 4.99. The predicted octanol–water partition coefficient (Wildman–Crippen LogP) is 8.87. The number of nitrogens with one attached hydrogen (secondary N) is 4. The van der Waals surface area contributed by atoms with Gasteiger partial charge < -0.3 is 19.9 Å². The van der Waals surface area contributed by atoms with Gasteiger partial charge in [0, 0.05) is 45.0 Å². The zero-order valence-electron chi connectivity index (χ0n) is 28.3. The van der Waals surface area contributed by atoms with Crippen molar-refractivity contribution in [1.29, 1.82) is 0 Å². The van der Waals surface area contributed by atoms with E-state index in [1.165, 1.54) is 0 Å². The molecule has 5 aliphatic heterocycles. The molecule has 4 aromatic heterocycles. The molecule has 0 atom stereocenters. The standard InChI is InChI=1S/C42H36N8/c1-41(2)37-17-9-29(47-37)21-25-5-13-33(43-25)35-15-7-27(45-35)23-31-11-19-39(49-31)42(3,4)40-20-12-32(50-40)24-28-8-16-36(46-28)34-14-6-26(44-34)22-30-10-18-38(41)48-30/h5-24,43-44,49-50H,1-4H3/b27-23-,28-24+,29-21+,30-22-. The van der Waals surface area contributed by atoms with Gasteiger partial charge >= 0.3 is 0 Å². The van der Waals surface area contributed by atoms with Gasteiger partial charge in [-0.3, -0.25) is 9.98 Å². The van der Waals surface area contributed by atoms with Gasteiger partial charge in [-0.1, -0.05) is 0 Å². The minimum atomic E-state index is -0.367. The van der Waals surface area contributed by atoms with Crippen LogP contribution in [-0.4, -0.2) is 42.8 Å². The van der Waals surface area contributed by atoms with Gasteiger partial charge in [-0.25, -0.2) is 9.98 Å². The van der Waals surface area contributed by atoms with Crippen LogP contribution in [0.5, 0.6) is 0 Å². The highest BCUT2D eigenvalue weighted by Crippen LogP contribution is 2.33. The average Bonchev–Trinajstić information content (AvgIpc) is 3.93. The van der Waals surface area contributed by atoms with Crippen LogP contribution in [0.15, 0.2) is 140 Å². The van der Waals surface area contributed by atoms with Crippen LogP contribution in [-0.2, 0) is 5.41 Å². The molecular formula is C42H36N8. The van der Waals surface area contributed by atoms with Gasteiger partial charge in [-0.15, -0.1) is 0 Å². The molecule has 0 aromatic carbocycles. The number of H-pyrrole nitrogens is 4. The summed E-state index contributed by atoms with van der Waals surface area (Å²) in [6.45, 7) is 8.77. The lowest BCUT2D eigenvalue weighted by Gasteiger charge is -2.22. The van der Waals surface area contributed by atoms with E-state index in [-0.39, 0.29) is 10.8 Å². The molecule has 8 heteroatoms. The van der Waals surface area contributed by atoms with Crippen LogP contribution in [0, 0.1) is 5.41 Å². The van der Waals surface area contributed by atoms with Crippen LogP contribution >= 0.6 is 0 Å². The molecule has 244 valence electrons. The summed E-state index contributed by atoms with van der Waals surface area (Å²) in [6, 6.07) is 16.8. The van der Waals surface area contributed by atoms with E-state index >= 15 is 0 Å². The molecule has 0 amide bonds. The number of nitrogens with zero attached hydrogens (tertiary/aromatic N) is 4. The molecule has 9 heterocycles. The molecule has 5 aliphatic rings. The molecule has 0 unspecified atom stereocenters. The third-order valence-electron chi connectivity index (χ3n) is 9.87. The summed E-state index contributed by atoms with van der Waals surface area (Å²) in [4.78, 5) is 34.1. The van der Waals surface area contributed by atoms with Crippen molar-refractivity contribution in [1.82, 2.24) is 19.9 Å². The van der Waals surface area contributed by atoms with Crippen molar-refractivity contribution < 1.29 is 0 Å². The molecular weight excluding hydrogens is 617 g/mol. The lowest BCUT2D eigenvalue weighted by atomic mass is 9.82. The Bertz CT molecular complexity index is 2300. The second-order valence-corrected chi connectivity index (χ2v) is 14.2. The normalized spacial score (nSPS) is 23.9. The van der Waals surface area contributed by atoms with Crippen molar-refractivity contribution in [3.05, 3.63) is 165 Å². The van der Waals surface area contributed by atoms with Gasteiger partial charge in [0.1, 0.15) is 0 Å². The van der Waals surface area contributed by atoms with Gasteiger partial charge in [-0.2, -0.15) is 0 Å². The van der Waals surface area contributed by atoms with Crippen LogP contribution in [0.1, 0.15) is 73.2 Å². The summed E-state index contributed by atoms with van der Waals surface area (Å²) < 4.78 is 0. The SMILES string of the molecule is CC1(C)C2=N/C(=C\c3ccc([nH]3)C3=N/C(=C/c4ccc([nH]4)C(C)(C)c4ccc([nH]4)/C=C4/C=CC(=N4)c4ccc([nH]4)/C=C4\C=CC1=N4)C=C3)C=C2. The Labute approximate surface area is 290 Å². The maximum absolute atomic E-state index is 4.99. The Morgan fingerprint density at radius 3 is 1.22 bits per heavy atom. The van der Waals surface area contributed by atoms with Crippen molar-refractivity contribution in [2.45, 2.75) is 33.1 Å². The van der Waals surface area contributed by atoms with Crippen LogP contribution in [0.3, 0.4) is 0 Å². The number of hydrogen-bond donors (Lipinski definition) is 4. The highest BCUT2D eigenvalue weighted by Gasteiger charge is 2.32. The molecule has 9 rings (SSSR count). The maximum Gasteiger partial charge on any atom is 0.0872 e. The monoisotopic (exact) mass is 652 g/mol. The van der Waals surface area contributed by atoms with E-state index < -0.39 is 0 Å². The number of aromatic nitrogens is 4. The van der Waals surface area contributed by atoms with E-state index in [1.54, 1.807) is 0 Å². The predicted molar refractivity (Wildman–Crippen MR) is 205 cm³/mol. The van der Waals surface area contributed by atoms with Crippen LogP contribution < -0.4 is 0 Å². The van der Waals surface area contributed by atoms with Crippen LogP contribution in [0.4, 0.5) is 0 Å². The van der Waals surface area contributed by atoms with E-state index in [0.717, 1.165) is 91.2 Å². The van der Waals surface area contributed by atoms with Crippen molar-refractivity contribution >= 4 is 47.2 Å². The zero-order valence-corrected chi connectivity index (χ0v) is 28.3. The smallest absolute Gasteiger partial charge is 0.0872 e. The molecule has 0 saturated heterocycles. The molecule has 8 nitrogen and oxygen atoms in total. The Kier molecular flexibility index (Phi) is 6.64. The molecule has 0 radical (unpaired) electrons. The largest absolute Gasteiger partial charge is 0.358 e. The molecule has 16 bridgehead atoms. The summed E-state index contributed by atoms with van der Waals surface area (Å²) in [6.07, 6.45) is 24.8. The summed E-state index contributed by atoms with van der Waals surface area (Å²) in [5, 5.41) is 0. The summed E-state index contributed by atoms with van der Waals surface area (Å²) in [7, 11) is 0. The van der Waals surface area contributed by atoms with E-state index in [2.05, 4.69) is 145 Å². The van der Waals surface area contributed by atoms with Crippen LogP contribution in [0.2, 0.25) is 0 Å². The molecule has 4 aromatic rings. The Balaban J connectivity index is 1.09. The molecule has 0 fully saturated rings. The summed E-state index contributed by atoms with van der Waals surface area (Å²) in [5.74, 6) is 0. The minimum absolute atomic E-state index is 0.271. The Morgan fingerprint density at radius 2 is 0.760 bits per heavy atom. The molecule has 0 spiro atoms. The number of hydrogen-bond acceptors (Lipinski definition) is 4. The van der Waals surface area contributed by atoms with Crippen molar-refractivity contribution in [3.8, 4) is 0 Å². The van der Waals surface area contributed by atoms with Crippen LogP contribution in [0.25, 0.3) is 24.3 Å². The van der Waals surface area contributed by atoms with E-state index in [4.69, 9.17) is 20.0 Å². The number of rotatable bonds is 0. The van der Waals surface area contributed by atoms with Gasteiger partial charge in [0.05, 0.1) is 57.0 Å². The topological polar surface area (TPSA) is 113 Å². The summed E-state index contributed by atoms with van der Waals surface area (Å²) in [5.41, 5.74) is 14.8. The first-order valence-corrected chi connectivity index (χ1v) is 16.9. The highest BCUT2D eigenvalue weighted by atomic mass is 14.9. The van der Waals surface area contributed by atoms with Crippen molar-refractivity contribution in [2.75, 3.05) is 0 Å². The Morgan fingerprint density at radius 1 is 0.380 bits per heavy atom. The lowest BCUT2D eigenvalue weighted by Crippen LogP contribution is -2.30. The number of aromatic amines is 4. The van der Waals surface area contributed by atoms with Gasteiger partial charge in [0.2, 0.25) is 0 Å². The molecule has 0 saturated carbocycles. The van der Waals surface area contributed by atoms with Crippen molar-refractivity contribution in [2.24, 2.45) is 25.4 Å². The number of allylic oxidation sites excluding steroid dienone is 8.